The first-order valence-electron chi connectivity index (χ1n) is 7.49. The van der Waals surface area contributed by atoms with Crippen molar-refractivity contribution < 1.29 is 14.3 Å². The number of hydrogen-bond acceptors (Lipinski definition) is 3. The highest BCUT2D eigenvalue weighted by Crippen LogP contribution is 2.42. The molecule has 1 atom stereocenters. The summed E-state index contributed by atoms with van der Waals surface area (Å²) in [7, 11) is 6.80. The molecule has 1 heterocycles. The maximum Gasteiger partial charge on any atom is 0.260 e. The number of carbonyl (C=O) groups is 1. The van der Waals surface area contributed by atoms with E-state index < -0.39 is 5.60 Å². The standard InChI is InChI=1S/C17H22N2O3/c1-19(2)16(20)17(22-4)9-5-6-13-12-8-7-11(21-3)10-14(12)18-15(13)17/h7-8,10,18H,5-6,9H2,1-4H3. The Morgan fingerprint density at radius 2 is 2.09 bits per heavy atom. The number of aromatic amines is 1. The van der Waals surface area contributed by atoms with Gasteiger partial charge in [-0.15, -0.1) is 0 Å². The summed E-state index contributed by atoms with van der Waals surface area (Å²) in [6.07, 6.45) is 2.57. The molecule has 0 saturated heterocycles. The molecule has 1 aromatic carbocycles. The third-order valence-corrected chi connectivity index (χ3v) is 4.57. The first kappa shape index (κ1) is 14.9. The molecule has 2 aromatic rings. The van der Waals surface area contributed by atoms with Crippen molar-refractivity contribution in [2.75, 3.05) is 28.3 Å². The van der Waals surface area contributed by atoms with Crippen LogP contribution in [0.4, 0.5) is 0 Å². The molecule has 1 aromatic heterocycles. The lowest BCUT2D eigenvalue weighted by Crippen LogP contribution is -2.47. The van der Waals surface area contributed by atoms with E-state index in [-0.39, 0.29) is 5.91 Å². The number of methoxy groups -OCH3 is 2. The molecule has 1 aliphatic carbocycles. The Bertz CT molecular complexity index is 720. The zero-order chi connectivity index (χ0) is 15.9. The van der Waals surface area contributed by atoms with E-state index in [9.17, 15) is 4.79 Å². The molecule has 1 N–H and O–H groups in total. The summed E-state index contributed by atoms with van der Waals surface area (Å²) < 4.78 is 11.1. The predicted molar refractivity (Wildman–Crippen MR) is 85.2 cm³/mol. The van der Waals surface area contributed by atoms with Crippen LogP contribution in [0.15, 0.2) is 18.2 Å². The fourth-order valence-electron chi connectivity index (χ4n) is 3.47. The van der Waals surface area contributed by atoms with Crippen LogP contribution in [0.2, 0.25) is 0 Å². The number of fused-ring (bicyclic) bond motifs is 3. The summed E-state index contributed by atoms with van der Waals surface area (Å²) in [4.78, 5) is 17.8. The van der Waals surface area contributed by atoms with Gasteiger partial charge in [-0.05, 0) is 37.0 Å². The predicted octanol–water partition coefficient (Wildman–Crippen LogP) is 2.44. The van der Waals surface area contributed by atoms with Crippen molar-refractivity contribution >= 4 is 16.8 Å². The van der Waals surface area contributed by atoms with Crippen molar-refractivity contribution in [3.05, 3.63) is 29.5 Å². The summed E-state index contributed by atoms with van der Waals surface area (Å²) in [6.45, 7) is 0. The van der Waals surface area contributed by atoms with Crippen molar-refractivity contribution in [2.24, 2.45) is 0 Å². The van der Waals surface area contributed by atoms with Crippen molar-refractivity contribution in [1.29, 1.82) is 0 Å². The number of ether oxygens (including phenoxy) is 2. The minimum Gasteiger partial charge on any atom is -0.497 e. The summed E-state index contributed by atoms with van der Waals surface area (Å²) in [6, 6.07) is 5.97. The van der Waals surface area contributed by atoms with Crippen molar-refractivity contribution in [3.63, 3.8) is 0 Å². The lowest BCUT2D eigenvalue weighted by molar-refractivity contribution is -0.156. The highest BCUT2D eigenvalue weighted by atomic mass is 16.5. The average Bonchev–Trinajstić information content (AvgIpc) is 2.91. The summed E-state index contributed by atoms with van der Waals surface area (Å²) in [5.74, 6) is 0.780. The molecule has 5 heteroatoms. The van der Waals surface area contributed by atoms with Crippen LogP contribution in [0, 0.1) is 0 Å². The summed E-state index contributed by atoms with van der Waals surface area (Å²) >= 11 is 0. The van der Waals surface area contributed by atoms with Crippen LogP contribution in [-0.4, -0.2) is 44.1 Å². The van der Waals surface area contributed by atoms with Crippen LogP contribution >= 0.6 is 0 Å². The Hall–Kier alpha value is -2.01. The Kier molecular flexibility index (Phi) is 3.60. The molecule has 0 fully saturated rings. The molecule has 0 aliphatic heterocycles. The first-order valence-corrected chi connectivity index (χ1v) is 7.49. The molecule has 0 saturated carbocycles. The molecule has 1 unspecified atom stereocenters. The molecule has 0 radical (unpaired) electrons. The number of benzene rings is 1. The van der Waals surface area contributed by atoms with Gasteiger partial charge in [-0.1, -0.05) is 0 Å². The van der Waals surface area contributed by atoms with E-state index in [4.69, 9.17) is 9.47 Å². The number of aromatic nitrogens is 1. The normalized spacial score (nSPS) is 20.7. The maximum atomic E-state index is 12.8. The second-order valence-corrected chi connectivity index (χ2v) is 5.97. The van der Waals surface area contributed by atoms with E-state index in [1.165, 1.54) is 5.56 Å². The van der Waals surface area contributed by atoms with Crippen molar-refractivity contribution in [1.82, 2.24) is 9.88 Å². The van der Waals surface area contributed by atoms with Gasteiger partial charge in [-0.3, -0.25) is 4.79 Å². The van der Waals surface area contributed by atoms with E-state index in [0.717, 1.165) is 35.2 Å². The van der Waals surface area contributed by atoms with Gasteiger partial charge in [-0.2, -0.15) is 0 Å². The Labute approximate surface area is 130 Å². The highest BCUT2D eigenvalue weighted by molar-refractivity contribution is 5.92. The fourth-order valence-corrected chi connectivity index (χ4v) is 3.47. The monoisotopic (exact) mass is 302 g/mol. The fraction of sp³-hybridized carbons (Fsp3) is 0.471. The van der Waals surface area contributed by atoms with Crippen LogP contribution in [0.5, 0.6) is 5.75 Å². The minimum atomic E-state index is -0.913. The van der Waals surface area contributed by atoms with E-state index >= 15 is 0 Å². The van der Waals surface area contributed by atoms with Gasteiger partial charge in [0, 0.05) is 38.2 Å². The smallest absolute Gasteiger partial charge is 0.260 e. The Balaban J connectivity index is 2.23. The minimum absolute atomic E-state index is 0.0190. The zero-order valence-electron chi connectivity index (χ0n) is 13.5. The highest BCUT2D eigenvalue weighted by Gasteiger charge is 2.46. The molecule has 1 amide bonds. The second-order valence-electron chi connectivity index (χ2n) is 5.97. The zero-order valence-corrected chi connectivity index (χ0v) is 13.5. The number of carbonyl (C=O) groups excluding carboxylic acids is 1. The van der Waals surface area contributed by atoms with Gasteiger partial charge in [0.2, 0.25) is 0 Å². The van der Waals surface area contributed by atoms with Crippen LogP contribution in [0.1, 0.15) is 24.1 Å². The number of amides is 1. The number of aryl methyl sites for hydroxylation is 1. The third kappa shape index (κ3) is 2.00. The van der Waals surface area contributed by atoms with Gasteiger partial charge < -0.3 is 19.4 Å². The van der Waals surface area contributed by atoms with E-state index in [1.807, 2.05) is 12.1 Å². The van der Waals surface area contributed by atoms with Crippen molar-refractivity contribution in [2.45, 2.75) is 24.9 Å². The SMILES string of the molecule is COc1ccc2c3c([nH]c2c1)C(OC)(C(=O)N(C)C)CCC3. The van der Waals surface area contributed by atoms with Gasteiger partial charge in [-0.25, -0.2) is 0 Å². The molecule has 1 aliphatic rings. The second kappa shape index (κ2) is 5.32. The molecule has 3 rings (SSSR count). The number of H-pyrrole nitrogens is 1. The van der Waals surface area contributed by atoms with Gasteiger partial charge >= 0.3 is 0 Å². The average molecular weight is 302 g/mol. The molecule has 22 heavy (non-hydrogen) atoms. The summed E-state index contributed by atoms with van der Waals surface area (Å²) in [5.41, 5.74) is 2.15. The van der Waals surface area contributed by atoms with Gasteiger partial charge in [0.1, 0.15) is 5.75 Å². The van der Waals surface area contributed by atoms with Gasteiger partial charge in [0.15, 0.2) is 5.60 Å². The quantitative estimate of drug-likeness (QED) is 0.947. The lowest BCUT2D eigenvalue weighted by Gasteiger charge is -2.36. The number of hydrogen-bond donors (Lipinski definition) is 1. The topological polar surface area (TPSA) is 54.6 Å². The van der Waals surface area contributed by atoms with E-state index in [0.29, 0.717) is 6.42 Å². The van der Waals surface area contributed by atoms with E-state index in [2.05, 4.69) is 11.1 Å². The number of nitrogens with zero attached hydrogens (tertiary/aromatic N) is 1. The largest absolute Gasteiger partial charge is 0.497 e. The van der Waals surface area contributed by atoms with Crippen LogP contribution in [0.25, 0.3) is 10.9 Å². The Morgan fingerprint density at radius 1 is 1.32 bits per heavy atom. The van der Waals surface area contributed by atoms with Gasteiger partial charge in [0.05, 0.1) is 12.8 Å². The summed E-state index contributed by atoms with van der Waals surface area (Å²) in [5, 5.41) is 1.14. The lowest BCUT2D eigenvalue weighted by atomic mass is 9.81. The molecular weight excluding hydrogens is 280 g/mol. The number of nitrogens with one attached hydrogen (secondary N) is 1. The van der Waals surface area contributed by atoms with Crippen LogP contribution in [-0.2, 0) is 21.6 Å². The van der Waals surface area contributed by atoms with Crippen LogP contribution in [0.3, 0.4) is 0 Å². The van der Waals surface area contributed by atoms with E-state index in [1.54, 1.807) is 33.2 Å². The third-order valence-electron chi connectivity index (χ3n) is 4.57. The molecule has 0 spiro atoms. The van der Waals surface area contributed by atoms with Crippen molar-refractivity contribution in [3.8, 4) is 5.75 Å². The Morgan fingerprint density at radius 3 is 2.73 bits per heavy atom. The van der Waals surface area contributed by atoms with Gasteiger partial charge in [0.25, 0.3) is 5.91 Å². The maximum absolute atomic E-state index is 12.8. The van der Waals surface area contributed by atoms with Crippen LogP contribution < -0.4 is 4.74 Å². The first-order chi connectivity index (χ1) is 10.5. The molecule has 0 bridgehead atoms. The molecule has 5 nitrogen and oxygen atoms in total. The molecular formula is C17H22N2O3. The number of likely N-dealkylation sites (N-methyl/N-ethyl adjacent to an activating group) is 1. The molecule has 118 valence electrons. The number of rotatable bonds is 3.